The van der Waals surface area contributed by atoms with Crippen molar-refractivity contribution in [3.05, 3.63) is 57.6 Å². The predicted molar refractivity (Wildman–Crippen MR) is 117 cm³/mol. The highest BCUT2D eigenvalue weighted by Crippen LogP contribution is 2.49. The van der Waals surface area contributed by atoms with Crippen molar-refractivity contribution in [1.29, 1.82) is 0 Å². The topological polar surface area (TPSA) is 34.1 Å². The van der Waals surface area contributed by atoms with Crippen LogP contribution in [0.5, 0.6) is 0 Å². The molecule has 0 amide bonds. The summed E-state index contributed by atoms with van der Waals surface area (Å²) in [5.41, 5.74) is 6.72. The zero-order valence-electron chi connectivity index (χ0n) is 17.4. The second-order valence-corrected chi connectivity index (χ2v) is 14.3. The Labute approximate surface area is 159 Å². The number of hydrogen-bond donors (Lipinski definition) is 0. The highest BCUT2D eigenvalue weighted by molar-refractivity contribution is 7.74. The second kappa shape index (κ2) is 7.49. The third kappa shape index (κ3) is 4.41. The van der Waals surface area contributed by atoms with E-state index in [1.54, 1.807) is 0 Å². The molecule has 2 nitrogen and oxygen atoms in total. The van der Waals surface area contributed by atoms with E-state index in [-0.39, 0.29) is 0 Å². The van der Waals surface area contributed by atoms with Crippen LogP contribution in [0.15, 0.2) is 24.3 Å². The molecule has 0 saturated carbocycles. The molecule has 2 unspecified atom stereocenters. The van der Waals surface area contributed by atoms with Crippen LogP contribution in [0.1, 0.15) is 33.4 Å². The lowest BCUT2D eigenvalue weighted by Crippen LogP contribution is -2.20. The van der Waals surface area contributed by atoms with E-state index in [0.29, 0.717) is 12.3 Å². The van der Waals surface area contributed by atoms with Gasteiger partial charge in [-0.1, -0.05) is 35.4 Å². The first-order valence-electron chi connectivity index (χ1n) is 9.15. The Kier molecular flexibility index (Phi) is 6.11. The summed E-state index contributed by atoms with van der Waals surface area (Å²) < 4.78 is 27.1. The molecule has 0 aliphatic rings. The van der Waals surface area contributed by atoms with Gasteiger partial charge in [0.2, 0.25) is 0 Å². The van der Waals surface area contributed by atoms with Gasteiger partial charge in [-0.25, -0.2) is 0 Å². The smallest absolute Gasteiger partial charge is 0.113 e. The van der Waals surface area contributed by atoms with Crippen LogP contribution in [0.4, 0.5) is 0 Å². The lowest BCUT2D eigenvalue weighted by Gasteiger charge is -2.23. The zero-order valence-corrected chi connectivity index (χ0v) is 19.2. The van der Waals surface area contributed by atoms with Crippen LogP contribution in [0, 0.1) is 41.5 Å². The number of rotatable bonds is 5. The first kappa shape index (κ1) is 21.2. The molecule has 2 aromatic rings. The Balaban J connectivity index is 2.35. The van der Waals surface area contributed by atoms with Gasteiger partial charge in [0, 0.05) is 22.9 Å². The summed E-state index contributed by atoms with van der Waals surface area (Å²) >= 11 is 0. The van der Waals surface area contributed by atoms with Crippen LogP contribution in [0.25, 0.3) is 0 Å². The molecule has 2 atom stereocenters. The molecule has 0 bridgehead atoms. The Morgan fingerprint density at radius 2 is 0.808 bits per heavy atom. The van der Waals surface area contributed by atoms with E-state index >= 15 is 0 Å². The quantitative estimate of drug-likeness (QED) is 0.634. The zero-order chi connectivity index (χ0) is 19.9. The van der Waals surface area contributed by atoms with Crippen molar-refractivity contribution in [2.75, 3.05) is 25.7 Å². The number of hydrogen-bond acceptors (Lipinski definition) is 2. The average Bonchev–Trinajstić information content (AvgIpc) is 2.42. The minimum atomic E-state index is -2.57. The van der Waals surface area contributed by atoms with Gasteiger partial charge in [-0.3, -0.25) is 0 Å². The van der Waals surface area contributed by atoms with Crippen molar-refractivity contribution >= 4 is 24.9 Å². The highest BCUT2D eigenvalue weighted by atomic mass is 31.2. The Bertz CT molecular complexity index is 818. The SMILES string of the molecule is Cc1cc(C)c(P(C)(=O)CCP(C)(=O)c2c(C)cc(C)cc2C)c(C)c1. The lowest BCUT2D eigenvalue weighted by molar-refractivity contribution is 0.579. The summed E-state index contributed by atoms with van der Waals surface area (Å²) in [4.78, 5) is 0. The van der Waals surface area contributed by atoms with E-state index in [9.17, 15) is 9.13 Å². The molecule has 0 aliphatic carbocycles. The van der Waals surface area contributed by atoms with E-state index in [1.807, 2.05) is 41.0 Å². The van der Waals surface area contributed by atoms with Gasteiger partial charge in [0.1, 0.15) is 14.3 Å². The molecule has 0 radical (unpaired) electrons. The maximum absolute atomic E-state index is 13.5. The van der Waals surface area contributed by atoms with Crippen molar-refractivity contribution < 1.29 is 9.13 Å². The highest BCUT2D eigenvalue weighted by Gasteiger charge is 2.29. The van der Waals surface area contributed by atoms with Crippen LogP contribution in [0.3, 0.4) is 0 Å². The Hall–Kier alpha value is -1.10. The summed E-state index contributed by atoms with van der Waals surface area (Å²) in [6, 6.07) is 8.38. The van der Waals surface area contributed by atoms with Crippen molar-refractivity contribution in [2.45, 2.75) is 41.5 Å². The van der Waals surface area contributed by atoms with Crippen molar-refractivity contribution in [3.63, 3.8) is 0 Å². The molecular formula is C22H32O2P2. The first-order chi connectivity index (χ1) is 11.8. The molecular weight excluding hydrogens is 358 g/mol. The maximum atomic E-state index is 13.5. The summed E-state index contributed by atoms with van der Waals surface area (Å²) in [6.07, 6.45) is 0.969. The molecule has 0 spiro atoms. The van der Waals surface area contributed by atoms with E-state index in [1.165, 1.54) is 11.1 Å². The number of benzene rings is 2. The molecule has 0 aromatic heterocycles. The van der Waals surface area contributed by atoms with Crippen LogP contribution >= 0.6 is 14.3 Å². The standard InChI is InChI=1S/C22H32O2P2/c1-15-11-17(3)21(18(4)12-15)25(7,23)9-10-26(8,24)22-19(5)13-16(2)14-20(22)6/h11-14H,9-10H2,1-8H3. The molecule has 2 aromatic carbocycles. The molecule has 0 fully saturated rings. The van der Waals surface area contributed by atoms with Gasteiger partial charge in [0.05, 0.1) is 0 Å². The van der Waals surface area contributed by atoms with Crippen LogP contribution in [0.2, 0.25) is 0 Å². The molecule has 0 N–H and O–H groups in total. The summed E-state index contributed by atoms with van der Waals surface area (Å²) in [5, 5.41) is 1.95. The summed E-state index contributed by atoms with van der Waals surface area (Å²) in [5.74, 6) is 0. The first-order valence-corrected chi connectivity index (χ1v) is 13.8. The monoisotopic (exact) mass is 390 g/mol. The van der Waals surface area contributed by atoms with Crippen LogP contribution < -0.4 is 10.6 Å². The Morgan fingerprint density at radius 1 is 0.577 bits per heavy atom. The van der Waals surface area contributed by atoms with Crippen LogP contribution in [-0.4, -0.2) is 25.7 Å². The fraction of sp³-hybridized carbons (Fsp3) is 0.455. The lowest BCUT2D eigenvalue weighted by atomic mass is 10.1. The maximum Gasteiger partial charge on any atom is 0.113 e. The van der Waals surface area contributed by atoms with Gasteiger partial charge in [-0.15, -0.1) is 0 Å². The van der Waals surface area contributed by atoms with Crippen molar-refractivity contribution in [2.24, 2.45) is 0 Å². The van der Waals surface area contributed by atoms with Gasteiger partial charge < -0.3 is 9.13 Å². The predicted octanol–water partition coefficient (Wildman–Crippen LogP) is 5.47. The fourth-order valence-electron chi connectivity index (χ4n) is 4.44. The van der Waals surface area contributed by atoms with Gasteiger partial charge in [-0.2, -0.15) is 0 Å². The minimum Gasteiger partial charge on any atom is -0.319 e. The van der Waals surface area contributed by atoms with E-state index < -0.39 is 14.3 Å². The van der Waals surface area contributed by atoms with Gasteiger partial charge in [-0.05, 0) is 77.1 Å². The molecule has 142 valence electrons. The molecule has 0 heterocycles. The summed E-state index contributed by atoms with van der Waals surface area (Å²) in [7, 11) is -5.14. The van der Waals surface area contributed by atoms with Gasteiger partial charge in [0.15, 0.2) is 0 Å². The van der Waals surface area contributed by atoms with E-state index in [4.69, 9.17) is 0 Å². The van der Waals surface area contributed by atoms with Gasteiger partial charge >= 0.3 is 0 Å². The minimum absolute atomic E-state index is 0.484. The van der Waals surface area contributed by atoms with E-state index in [2.05, 4.69) is 38.1 Å². The molecule has 2 rings (SSSR count). The Morgan fingerprint density at radius 3 is 1.04 bits per heavy atom. The molecule has 4 heteroatoms. The van der Waals surface area contributed by atoms with E-state index in [0.717, 1.165) is 32.9 Å². The van der Waals surface area contributed by atoms with Crippen LogP contribution in [-0.2, 0) is 9.13 Å². The fourth-order valence-corrected chi connectivity index (χ4v) is 11.2. The van der Waals surface area contributed by atoms with Crippen molar-refractivity contribution in [3.8, 4) is 0 Å². The molecule has 26 heavy (non-hydrogen) atoms. The third-order valence-corrected chi connectivity index (χ3v) is 11.0. The van der Waals surface area contributed by atoms with Gasteiger partial charge in [0.25, 0.3) is 0 Å². The normalized spacial score (nSPS) is 16.2. The molecule has 0 saturated heterocycles. The largest absolute Gasteiger partial charge is 0.319 e. The summed E-state index contributed by atoms with van der Waals surface area (Å²) in [6.45, 7) is 16.0. The van der Waals surface area contributed by atoms with Crippen molar-refractivity contribution in [1.82, 2.24) is 0 Å². The molecule has 0 aliphatic heterocycles. The number of aryl methyl sites for hydroxylation is 6. The average molecular weight is 390 g/mol. The second-order valence-electron chi connectivity index (χ2n) is 8.14. The third-order valence-electron chi connectivity index (χ3n) is 5.17.